The molecule has 1 atom stereocenters. The minimum absolute atomic E-state index is 0.103. The fourth-order valence-electron chi connectivity index (χ4n) is 2.47. The monoisotopic (exact) mass is 384 g/mol. The van der Waals surface area contributed by atoms with Crippen molar-refractivity contribution in [1.29, 1.82) is 0 Å². The molecule has 0 unspecified atom stereocenters. The summed E-state index contributed by atoms with van der Waals surface area (Å²) in [5.74, 6) is 1.52. The van der Waals surface area contributed by atoms with Crippen LogP contribution in [0.2, 0.25) is 0 Å². The summed E-state index contributed by atoms with van der Waals surface area (Å²) in [6, 6.07) is 15.9. The Hall–Kier alpha value is -3.00. The van der Waals surface area contributed by atoms with Crippen LogP contribution >= 0.6 is 11.8 Å². The Morgan fingerprint density at radius 2 is 2.00 bits per heavy atom. The van der Waals surface area contributed by atoms with Crippen molar-refractivity contribution in [2.45, 2.75) is 18.2 Å². The molecule has 140 valence electrons. The van der Waals surface area contributed by atoms with E-state index in [0.29, 0.717) is 16.7 Å². The number of ether oxygens (including phenoxy) is 1. The highest BCUT2D eigenvalue weighted by molar-refractivity contribution is 7.99. The molecule has 8 heteroatoms. The summed E-state index contributed by atoms with van der Waals surface area (Å²) in [7, 11) is 1.84. The van der Waals surface area contributed by atoms with Crippen molar-refractivity contribution in [3.8, 4) is 11.5 Å². The highest BCUT2D eigenvalue weighted by atomic mass is 32.2. The Bertz CT molecular complexity index is 914. The van der Waals surface area contributed by atoms with Gasteiger partial charge in [-0.15, -0.1) is 10.2 Å². The predicted molar refractivity (Wildman–Crippen MR) is 104 cm³/mol. The van der Waals surface area contributed by atoms with Crippen molar-refractivity contribution in [2.24, 2.45) is 7.05 Å². The summed E-state index contributed by atoms with van der Waals surface area (Å²) in [6.07, 6.45) is -0.277. The van der Waals surface area contributed by atoms with Crippen LogP contribution in [0.5, 0.6) is 11.5 Å². The molecule has 2 N–H and O–H groups in total. The van der Waals surface area contributed by atoms with E-state index in [0.717, 1.165) is 5.75 Å². The van der Waals surface area contributed by atoms with Crippen LogP contribution in [0.25, 0.3) is 0 Å². The van der Waals surface area contributed by atoms with E-state index in [1.54, 1.807) is 18.2 Å². The molecule has 0 radical (unpaired) electrons. The molecular weight excluding hydrogens is 364 g/mol. The topological polar surface area (TPSA) is 89.3 Å². The zero-order valence-electron chi connectivity index (χ0n) is 15.0. The molecule has 0 saturated heterocycles. The maximum Gasteiger partial charge on any atom is 0.234 e. The van der Waals surface area contributed by atoms with Gasteiger partial charge in [0.2, 0.25) is 5.91 Å². The predicted octanol–water partition coefficient (Wildman–Crippen LogP) is 3.39. The van der Waals surface area contributed by atoms with E-state index in [-0.39, 0.29) is 23.5 Å². The van der Waals surface area contributed by atoms with Gasteiger partial charge in [-0.1, -0.05) is 36.0 Å². The first-order valence-corrected chi connectivity index (χ1v) is 9.34. The van der Waals surface area contributed by atoms with Gasteiger partial charge in [0.1, 0.15) is 11.5 Å². The average Bonchev–Trinajstić information content (AvgIpc) is 3.01. The molecule has 0 spiro atoms. The first-order valence-electron chi connectivity index (χ1n) is 8.35. The third kappa shape index (κ3) is 5.01. The fourth-order valence-corrected chi connectivity index (χ4v) is 3.19. The van der Waals surface area contributed by atoms with Crippen LogP contribution < -0.4 is 10.1 Å². The number of carbonyl (C=O) groups excluding carboxylic acids is 1. The highest BCUT2D eigenvalue weighted by Gasteiger charge is 2.18. The van der Waals surface area contributed by atoms with Gasteiger partial charge in [-0.2, -0.15) is 0 Å². The van der Waals surface area contributed by atoms with Crippen LogP contribution in [0, 0.1) is 0 Å². The van der Waals surface area contributed by atoms with Crippen LogP contribution in [0.3, 0.4) is 0 Å². The molecule has 0 saturated carbocycles. The Labute approximate surface area is 161 Å². The van der Waals surface area contributed by atoms with Crippen molar-refractivity contribution in [1.82, 2.24) is 14.8 Å². The standard InChI is InChI=1S/C19H20N4O3S/c1-13(26-16-9-4-3-5-10-16)18-21-22-19(23(18)2)27-12-17(25)20-14-7-6-8-15(24)11-14/h3-11,13,24H,12H2,1-2H3,(H,20,25)/t13-/m0/s1. The van der Waals surface area contributed by atoms with Gasteiger partial charge in [-0.25, -0.2) is 0 Å². The molecule has 7 nitrogen and oxygen atoms in total. The van der Waals surface area contributed by atoms with Crippen molar-refractivity contribution in [2.75, 3.05) is 11.1 Å². The molecule has 27 heavy (non-hydrogen) atoms. The van der Waals surface area contributed by atoms with E-state index >= 15 is 0 Å². The molecule has 0 aliphatic rings. The lowest BCUT2D eigenvalue weighted by Gasteiger charge is -2.14. The Morgan fingerprint density at radius 3 is 2.74 bits per heavy atom. The van der Waals surface area contributed by atoms with Crippen molar-refractivity contribution in [3.05, 3.63) is 60.4 Å². The van der Waals surface area contributed by atoms with Crippen LogP contribution in [0.4, 0.5) is 5.69 Å². The van der Waals surface area contributed by atoms with Crippen LogP contribution in [-0.2, 0) is 11.8 Å². The van der Waals surface area contributed by atoms with Gasteiger partial charge in [-0.3, -0.25) is 4.79 Å². The number of para-hydroxylation sites is 1. The van der Waals surface area contributed by atoms with Crippen molar-refractivity contribution in [3.63, 3.8) is 0 Å². The number of hydrogen-bond donors (Lipinski definition) is 2. The van der Waals surface area contributed by atoms with Crippen molar-refractivity contribution < 1.29 is 14.6 Å². The number of aromatic hydroxyl groups is 1. The van der Waals surface area contributed by atoms with Crippen molar-refractivity contribution >= 4 is 23.4 Å². The third-order valence-electron chi connectivity index (χ3n) is 3.75. The number of amides is 1. The van der Waals surface area contributed by atoms with Gasteiger partial charge < -0.3 is 19.7 Å². The summed E-state index contributed by atoms with van der Waals surface area (Å²) in [5, 5.41) is 21.1. The average molecular weight is 384 g/mol. The SMILES string of the molecule is C[C@H](Oc1ccccc1)c1nnc(SCC(=O)Nc2cccc(O)c2)n1C. The third-order valence-corrected chi connectivity index (χ3v) is 4.77. The summed E-state index contributed by atoms with van der Waals surface area (Å²) in [4.78, 5) is 12.1. The Balaban J connectivity index is 1.57. The number of phenols is 1. The van der Waals surface area contributed by atoms with Gasteiger partial charge in [0.25, 0.3) is 0 Å². The van der Waals surface area contributed by atoms with Crippen LogP contribution in [0.1, 0.15) is 18.9 Å². The molecule has 0 bridgehead atoms. The lowest BCUT2D eigenvalue weighted by Crippen LogP contribution is -2.14. The molecule has 2 aromatic carbocycles. The summed E-state index contributed by atoms with van der Waals surface area (Å²) in [6.45, 7) is 1.90. The lowest BCUT2D eigenvalue weighted by molar-refractivity contribution is -0.113. The zero-order chi connectivity index (χ0) is 19.2. The second-order valence-electron chi connectivity index (χ2n) is 5.86. The summed E-state index contributed by atoms with van der Waals surface area (Å²) < 4.78 is 7.69. The Kier molecular flexibility index (Phi) is 5.97. The summed E-state index contributed by atoms with van der Waals surface area (Å²) >= 11 is 1.28. The normalized spacial score (nSPS) is 11.8. The van der Waals surface area contributed by atoms with E-state index in [1.165, 1.54) is 17.8 Å². The van der Waals surface area contributed by atoms with Crippen LogP contribution in [-0.4, -0.2) is 31.5 Å². The quantitative estimate of drug-likeness (QED) is 0.607. The number of thioether (sulfide) groups is 1. The second-order valence-corrected chi connectivity index (χ2v) is 6.80. The van der Waals surface area contributed by atoms with E-state index < -0.39 is 0 Å². The number of hydrogen-bond acceptors (Lipinski definition) is 6. The highest BCUT2D eigenvalue weighted by Crippen LogP contribution is 2.23. The van der Waals surface area contributed by atoms with Gasteiger partial charge in [-0.05, 0) is 31.2 Å². The van der Waals surface area contributed by atoms with E-state index in [1.807, 2.05) is 48.9 Å². The van der Waals surface area contributed by atoms with Gasteiger partial charge in [0, 0.05) is 18.8 Å². The first-order chi connectivity index (χ1) is 13.0. The molecule has 1 aromatic heterocycles. The molecule has 0 aliphatic carbocycles. The number of phenolic OH excluding ortho intramolecular Hbond substituents is 1. The number of anilines is 1. The van der Waals surface area contributed by atoms with Crippen LogP contribution in [0.15, 0.2) is 59.8 Å². The number of benzene rings is 2. The molecule has 3 rings (SSSR count). The molecule has 1 heterocycles. The summed E-state index contributed by atoms with van der Waals surface area (Å²) in [5.41, 5.74) is 0.545. The largest absolute Gasteiger partial charge is 0.508 e. The maximum atomic E-state index is 12.1. The van der Waals surface area contributed by atoms with Gasteiger partial charge >= 0.3 is 0 Å². The lowest BCUT2D eigenvalue weighted by atomic mass is 10.3. The number of nitrogens with one attached hydrogen (secondary N) is 1. The first kappa shape index (κ1) is 18.8. The Morgan fingerprint density at radius 1 is 1.22 bits per heavy atom. The molecule has 3 aromatic rings. The molecule has 0 fully saturated rings. The van der Waals surface area contributed by atoms with E-state index in [9.17, 15) is 9.90 Å². The molecule has 0 aliphatic heterocycles. The second kappa shape index (κ2) is 8.59. The molecular formula is C19H20N4O3S. The number of nitrogens with zero attached hydrogens (tertiary/aromatic N) is 3. The smallest absolute Gasteiger partial charge is 0.234 e. The molecule has 1 amide bonds. The maximum absolute atomic E-state index is 12.1. The number of aromatic nitrogens is 3. The fraction of sp³-hybridized carbons (Fsp3) is 0.211. The number of rotatable bonds is 7. The van der Waals surface area contributed by atoms with Gasteiger partial charge in [0.05, 0.1) is 5.75 Å². The minimum Gasteiger partial charge on any atom is -0.508 e. The minimum atomic E-state index is -0.277. The van der Waals surface area contributed by atoms with E-state index in [4.69, 9.17) is 4.74 Å². The van der Waals surface area contributed by atoms with Gasteiger partial charge in [0.15, 0.2) is 17.1 Å². The zero-order valence-corrected chi connectivity index (χ0v) is 15.8. The number of carbonyl (C=O) groups is 1. The van der Waals surface area contributed by atoms with E-state index in [2.05, 4.69) is 15.5 Å².